The Morgan fingerprint density at radius 1 is 1.27 bits per heavy atom. The van der Waals surface area contributed by atoms with E-state index in [1.54, 1.807) is 13.8 Å². The standard InChI is InChI=1S/C17H16F3NO5/c1-9-8-25-13(7-14(22)23)15(9)16(24)21-10(2)11-3-5-12(6-4-11)26-17(18,19)20/h3-6,8,10H,7H2,1-2H3,(H,21,24)(H,22,23)/t10-/m0/s1. The highest BCUT2D eigenvalue weighted by atomic mass is 19.4. The van der Waals surface area contributed by atoms with Crippen LogP contribution in [0.2, 0.25) is 0 Å². The first-order valence-corrected chi connectivity index (χ1v) is 7.52. The molecule has 0 aliphatic heterocycles. The SMILES string of the molecule is Cc1coc(CC(=O)O)c1C(=O)N[C@@H](C)c1ccc(OC(F)(F)F)cc1. The topological polar surface area (TPSA) is 88.8 Å². The molecule has 0 radical (unpaired) electrons. The molecule has 0 bridgehead atoms. The third-order valence-corrected chi connectivity index (χ3v) is 3.55. The number of carboxylic acid groups (broad SMARTS) is 1. The van der Waals surface area contributed by atoms with Crippen molar-refractivity contribution in [2.45, 2.75) is 32.7 Å². The summed E-state index contributed by atoms with van der Waals surface area (Å²) in [5.74, 6) is -2.00. The fraction of sp³-hybridized carbons (Fsp3) is 0.294. The molecule has 1 heterocycles. The van der Waals surface area contributed by atoms with Crippen LogP contribution in [-0.4, -0.2) is 23.3 Å². The second kappa shape index (κ2) is 7.51. The molecule has 0 fully saturated rings. The summed E-state index contributed by atoms with van der Waals surface area (Å²) in [5.41, 5.74) is 1.17. The van der Waals surface area contributed by atoms with E-state index in [0.717, 1.165) is 12.1 Å². The van der Waals surface area contributed by atoms with Crippen molar-refractivity contribution in [1.29, 1.82) is 0 Å². The van der Waals surface area contributed by atoms with Gasteiger partial charge in [-0.25, -0.2) is 0 Å². The first-order valence-electron chi connectivity index (χ1n) is 7.52. The predicted molar refractivity (Wildman–Crippen MR) is 83.8 cm³/mol. The van der Waals surface area contributed by atoms with Crippen molar-refractivity contribution in [2.24, 2.45) is 0 Å². The Bertz CT molecular complexity index is 796. The molecular weight excluding hydrogens is 355 g/mol. The number of carbonyl (C=O) groups excluding carboxylic acids is 1. The van der Waals surface area contributed by atoms with Gasteiger partial charge in [-0.1, -0.05) is 12.1 Å². The summed E-state index contributed by atoms with van der Waals surface area (Å²) >= 11 is 0. The van der Waals surface area contributed by atoms with Crippen LogP contribution in [0.15, 0.2) is 34.9 Å². The number of amides is 1. The van der Waals surface area contributed by atoms with Crippen molar-refractivity contribution in [3.8, 4) is 5.75 Å². The van der Waals surface area contributed by atoms with Crippen LogP contribution < -0.4 is 10.1 Å². The lowest BCUT2D eigenvalue weighted by molar-refractivity contribution is -0.274. The third-order valence-electron chi connectivity index (χ3n) is 3.55. The number of hydrogen-bond donors (Lipinski definition) is 2. The molecule has 2 N–H and O–H groups in total. The van der Waals surface area contributed by atoms with Crippen molar-refractivity contribution >= 4 is 11.9 Å². The van der Waals surface area contributed by atoms with Crippen LogP contribution in [0.25, 0.3) is 0 Å². The normalized spacial score (nSPS) is 12.5. The van der Waals surface area contributed by atoms with Gasteiger partial charge in [0.15, 0.2) is 0 Å². The molecule has 0 spiro atoms. The van der Waals surface area contributed by atoms with E-state index >= 15 is 0 Å². The summed E-state index contributed by atoms with van der Waals surface area (Å²) in [4.78, 5) is 23.3. The van der Waals surface area contributed by atoms with Crippen LogP contribution in [0, 0.1) is 6.92 Å². The molecular formula is C17H16F3NO5. The van der Waals surface area contributed by atoms with Crippen LogP contribution in [0.1, 0.15) is 40.2 Å². The maximum absolute atomic E-state index is 12.4. The van der Waals surface area contributed by atoms with Gasteiger partial charge in [-0.2, -0.15) is 0 Å². The van der Waals surface area contributed by atoms with Crippen LogP contribution in [-0.2, 0) is 11.2 Å². The van der Waals surface area contributed by atoms with Gasteiger partial charge in [0, 0.05) is 5.56 Å². The molecule has 0 unspecified atom stereocenters. The van der Waals surface area contributed by atoms with E-state index in [0.29, 0.717) is 11.1 Å². The van der Waals surface area contributed by atoms with Gasteiger partial charge in [0.1, 0.15) is 17.9 Å². The molecule has 6 nitrogen and oxygen atoms in total. The Morgan fingerprint density at radius 3 is 2.42 bits per heavy atom. The lowest BCUT2D eigenvalue weighted by Crippen LogP contribution is -2.28. The average molecular weight is 371 g/mol. The number of carbonyl (C=O) groups is 2. The summed E-state index contributed by atoms with van der Waals surface area (Å²) in [6, 6.07) is 4.54. The molecule has 9 heteroatoms. The van der Waals surface area contributed by atoms with Crippen LogP contribution in [0.5, 0.6) is 5.75 Å². The molecule has 0 saturated carbocycles. The van der Waals surface area contributed by atoms with Gasteiger partial charge in [0.2, 0.25) is 0 Å². The zero-order chi connectivity index (χ0) is 19.5. The maximum atomic E-state index is 12.4. The van der Waals surface area contributed by atoms with Gasteiger partial charge in [0.05, 0.1) is 17.9 Å². The summed E-state index contributed by atoms with van der Waals surface area (Å²) < 4.78 is 45.4. The molecule has 1 aromatic heterocycles. The smallest absolute Gasteiger partial charge is 0.481 e. The number of alkyl halides is 3. The lowest BCUT2D eigenvalue weighted by atomic mass is 10.1. The fourth-order valence-electron chi connectivity index (χ4n) is 2.38. The van der Waals surface area contributed by atoms with Crippen molar-refractivity contribution < 1.29 is 37.0 Å². The zero-order valence-corrected chi connectivity index (χ0v) is 13.9. The molecule has 0 aliphatic carbocycles. The van der Waals surface area contributed by atoms with E-state index in [2.05, 4.69) is 10.1 Å². The number of rotatable bonds is 6. The number of hydrogen-bond acceptors (Lipinski definition) is 4. The molecule has 2 rings (SSSR count). The number of aryl methyl sites for hydroxylation is 1. The quantitative estimate of drug-likeness (QED) is 0.810. The molecule has 0 saturated heterocycles. The molecule has 2 aromatic rings. The second-order valence-electron chi connectivity index (χ2n) is 5.60. The van der Waals surface area contributed by atoms with E-state index in [9.17, 15) is 22.8 Å². The Labute approximate surface area is 146 Å². The van der Waals surface area contributed by atoms with Crippen molar-refractivity contribution in [1.82, 2.24) is 5.32 Å². The first-order chi connectivity index (χ1) is 12.1. The molecule has 1 atom stereocenters. The lowest BCUT2D eigenvalue weighted by Gasteiger charge is -2.16. The van der Waals surface area contributed by atoms with Crippen LogP contribution >= 0.6 is 0 Å². The predicted octanol–water partition coefficient (Wildman–Crippen LogP) is 3.60. The minimum atomic E-state index is -4.78. The maximum Gasteiger partial charge on any atom is 0.573 e. The Hall–Kier alpha value is -2.97. The first kappa shape index (κ1) is 19.4. The number of halogens is 3. The van der Waals surface area contributed by atoms with Crippen LogP contribution in [0.3, 0.4) is 0 Å². The van der Waals surface area contributed by atoms with Gasteiger partial charge < -0.3 is 19.6 Å². The minimum absolute atomic E-state index is 0.0358. The minimum Gasteiger partial charge on any atom is -0.481 e. The van der Waals surface area contributed by atoms with Gasteiger partial charge in [-0.05, 0) is 31.5 Å². The van der Waals surface area contributed by atoms with Crippen molar-refractivity contribution in [3.05, 3.63) is 53.0 Å². The number of aliphatic carboxylic acids is 1. The number of benzene rings is 1. The number of ether oxygens (including phenoxy) is 1. The van der Waals surface area contributed by atoms with Gasteiger partial charge in [0.25, 0.3) is 5.91 Å². The van der Waals surface area contributed by atoms with Crippen LogP contribution in [0.4, 0.5) is 13.2 Å². The van der Waals surface area contributed by atoms with Gasteiger partial charge in [-0.15, -0.1) is 13.2 Å². The summed E-state index contributed by atoms with van der Waals surface area (Å²) in [7, 11) is 0. The highest BCUT2D eigenvalue weighted by molar-refractivity contribution is 5.97. The molecule has 140 valence electrons. The highest BCUT2D eigenvalue weighted by Gasteiger charge is 2.31. The Kier molecular flexibility index (Phi) is 5.59. The van der Waals surface area contributed by atoms with Crippen molar-refractivity contribution in [2.75, 3.05) is 0 Å². The number of nitrogens with one attached hydrogen (secondary N) is 1. The van der Waals surface area contributed by atoms with Gasteiger partial charge >= 0.3 is 12.3 Å². The highest BCUT2D eigenvalue weighted by Crippen LogP contribution is 2.25. The second-order valence-corrected chi connectivity index (χ2v) is 5.60. The Morgan fingerprint density at radius 2 is 1.88 bits per heavy atom. The molecule has 1 amide bonds. The Balaban J connectivity index is 2.10. The van der Waals surface area contributed by atoms with E-state index in [1.165, 1.54) is 18.4 Å². The fourth-order valence-corrected chi connectivity index (χ4v) is 2.38. The summed E-state index contributed by atoms with van der Waals surface area (Å²) in [5, 5.41) is 11.5. The number of carboxylic acids is 1. The van der Waals surface area contributed by atoms with Gasteiger partial charge in [-0.3, -0.25) is 9.59 Å². The summed E-state index contributed by atoms with van der Waals surface area (Å²) in [6.45, 7) is 3.25. The number of furan rings is 1. The molecule has 26 heavy (non-hydrogen) atoms. The summed E-state index contributed by atoms with van der Waals surface area (Å²) in [6.07, 6.45) is -3.92. The third kappa shape index (κ3) is 5.01. The van der Waals surface area contributed by atoms with E-state index in [-0.39, 0.29) is 17.1 Å². The molecule has 0 aliphatic rings. The molecule has 1 aromatic carbocycles. The zero-order valence-electron chi connectivity index (χ0n) is 13.9. The largest absolute Gasteiger partial charge is 0.573 e. The van der Waals surface area contributed by atoms with E-state index < -0.39 is 30.7 Å². The average Bonchev–Trinajstić information content (AvgIpc) is 2.86. The van der Waals surface area contributed by atoms with E-state index in [4.69, 9.17) is 9.52 Å². The van der Waals surface area contributed by atoms with E-state index in [1.807, 2.05) is 0 Å². The van der Waals surface area contributed by atoms with Crippen molar-refractivity contribution in [3.63, 3.8) is 0 Å². The monoisotopic (exact) mass is 371 g/mol.